The van der Waals surface area contributed by atoms with Crippen LogP contribution in [-0.4, -0.2) is 72.2 Å². The largest absolute Gasteiger partial charge is 0.434 e. The number of oxazole rings is 1. The molecule has 0 saturated carbocycles. The van der Waals surface area contributed by atoms with Gasteiger partial charge in [-0.15, -0.1) is 11.8 Å². The van der Waals surface area contributed by atoms with Gasteiger partial charge in [0, 0.05) is 36.7 Å². The molecule has 1 saturated heterocycles. The lowest BCUT2D eigenvalue weighted by Crippen LogP contribution is -2.53. The molecule has 0 spiro atoms. The number of carbonyl (C=O) groups is 3. The van der Waals surface area contributed by atoms with Gasteiger partial charge in [-0.25, -0.2) is 9.78 Å². The fourth-order valence-corrected chi connectivity index (χ4v) is 5.05. The standard InChI is InChI=1S/C28H34N4O5S/c33-24(27-30-22-11-6-7-13-25(22)37-27)12-5-2-8-15-29-26(34)23(14-20-38-21-9-3-1-4-10-21)31-28(35)32-16-18-36-19-17-32/h1,3-4,6-7,9-11,13,23H,2,5,8,12,14-20H2,(H,29,34)(H,31,35). The predicted molar refractivity (Wildman–Crippen MR) is 146 cm³/mol. The van der Waals surface area contributed by atoms with Crippen molar-refractivity contribution in [2.75, 3.05) is 38.6 Å². The van der Waals surface area contributed by atoms with Crippen LogP contribution in [0, 0.1) is 0 Å². The van der Waals surface area contributed by atoms with Crippen molar-refractivity contribution in [1.82, 2.24) is 20.5 Å². The molecule has 2 N–H and O–H groups in total. The number of para-hydroxylation sites is 2. The van der Waals surface area contributed by atoms with Crippen LogP contribution in [-0.2, 0) is 9.53 Å². The first-order valence-corrected chi connectivity index (χ1v) is 14.1. The Morgan fingerprint density at radius 3 is 2.53 bits per heavy atom. The molecule has 0 radical (unpaired) electrons. The molecule has 1 aliphatic heterocycles. The number of Topliss-reactive ketones (excluding diaryl/α,β-unsaturated/α-hetero) is 1. The minimum atomic E-state index is -0.623. The molecule has 1 fully saturated rings. The van der Waals surface area contributed by atoms with E-state index < -0.39 is 6.04 Å². The van der Waals surface area contributed by atoms with Gasteiger partial charge in [0.2, 0.25) is 11.7 Å². The molecule has 1 aliphatic rings. The van der Waals surface area contributed by atoms with Crippen molar-refractivity contribution in [3.05, 3.63) is 60.5 Å². The van der Waals surface area contributed by atoms with E-state index in [1.807, 2.05) is 48.5 Å². The zero-order valence-corrected chi connectivity index (χ0v) is 22.2. The van der Waals surface area contributed by atoms with Crippen LogP contribution < -0.4 is 10.6 Å². The highest BCUT2D eigenvalue weighted by molar-refractivity contribution is 7.99. The maximum atomic E-state index is 13.0. The van der Waals surface area contributed by atoms with Gasteiger partial charge in [-0.05, 0) is 43.5 Å². The maximum Gasteiger partial charge on any atom is 0.318 e. The van der Waals surface area contributed by atoms with Crippen LogP contribution in [0.25, 0.3) is 11.1 Å². The third-order valence-electron chi connectivity index (χ3n) is 6.24. The Labute approximate surface area is 226 Å². The van der Waals surface area contributed by atoms with E-state index in [1.165, 1.54) is 0 Å². The number of urea groups is 1. The summed E-state index contributed by atoms with van der Waals surface area (Å²) in [6.45, 7) is 2.51. The fraction of sp³-hybridized carbons (Fsp3) is 0.429. The maximum absolute atomic E-state index is 13.0. The Hall–Kier alpha value is -3.37. The lowest BCUT2D eigenvalue weighted by Gasteiger charge is -2.29. The van der Waals surface area contributed by atoms with E-state index in [0.717, 1.165) is 17.7 Å². The number of benzene rings is 2. The first-order chi connectivity index (χ1) is 18.6. The summed E-state index contributed by atoms with van der Waals surface area (Å²) in [7, 11) is 0. The number of thioether (sulfide) groups is 1. The highest BCUT2D eigenvalue weighted by Crippen LogP contribution is 2.19. The summed E-state index contributed by atoms with van der Waals surface area (Å²) >= 11 is 1.66. The minimum Gasteiger partial charge on any atom is -0.434 e. The van der Waals surface area contributed by atoms with Crippen molar-refractivity contribution in [2.45, 2.75) is 43.0 Å². The number of aromatic nitrogens is 1. The molecule has 202 valence electrons. The van der Waals surface area contributed by atoms with Crippen molar-refractivity contribution < 1.29 is 23.5 Å². The van der Waals surface area contributed by atoms with Crippen molar-refractivity contribution in [3.63, 3.8) is 0 Å². The van der Waals surface area contributed by atoms with Gasteiger partial charge >= 0.3 is 6.03 Å². The Balaban J connectivity index is 1.19. The Morgan fingerprint density at radius 1 is 0.974 bits per heavy atom. The second-order valence-electron chi connectivity index (χ2n) is 9.06. The number of rotatable bonds is 13. The Kier molecular flexibility index (Phi) is 10.6. The van der Waals surface area contributed by atoms with Crippen molar-refractivity contribution in [1.29, 1.82) is 0 Å². The molecule has 10 heteroatoms. The van der Waals surface area contributed by atoms with Crippen LogP contribution in [0.1, 0.15) is 42.8 Å². The number of nitrogens with one attached hydrogen (secondary N) is 2. The number of ether oxygens (including phenoxy) is 1. The lowest BCUT2D eigenvalue weighted by atomic mass is 10.1. The number of amides is 3. The molecule has 2 aromatic carbocycles. The van der Waals surface area contributed by atoms with Crippen LogP contribution in [0.5, 0.6) is 0 Å². The lowest BCUT2D eigenvalue weighted by molar-refractivity contribution is -0.123. The molecule has 4 rings (SSSR count). The van der Waals surface area contributed by atoms with E-state index in [-0.39, 0.29) is 23.6 Å². The van der Waals surface area contributed by atoms with Crippen LogP contribution in [0.2, 0.25) is 0 Å². The van der Waals surface area contributed by atoms with Crippen molar-refractivity contribution in [2.24, 2.45) is 0 Å². The van der Waals surface area contributed by atoms with Gasteiger partial charge in [0.05, 0.1) is 13.2 Å². The molecule has 0 aliphatic carbocycles. The second-order valence-corrected chi connectivity index (χ2v) is 10.2. The first-order valence-electron chi connectivity index (χ1n) is 13.1. The number of nitrogens with zero attached hydrogens (tertiary/aromatic N) is 2. The molecule has 2 heterocycles. The van der Waals surface area contributed by atoms with Crippen LogP contribution in [0.4, 0.5) is 4.79 Å². The van der Waals surface area contributed by atoms with Crippen molar-refractivity contribution in [3.8, 4) is 0 Å². The average molecular weight is 539 g/mol. The molecule has 9 nitrogen and oxygen atoms in total. The van der Waals surface area contributed by atoms with Gasteiger partial charge in [-0.3, -0.25) is 9.59 Å². The summed E-state index contributed by atoms with van der Waals surface area (Å²) in [5.74, 6) is 0.533. The first kappa shape index (κ1) is 27.7. The zero-order valence-electron chi connectivity index (χ0n) is 21.4. The fourth-order valence-electron chi connectivity index (χ4n) is 4.11. The van der Waals surface area contributed by atoms with Crippen LogP contribution in [0.3, 0.4) is 0 Å². The summed E-state index contributed by atoms with van der Waals surface area (Å²) in [6, 6.07) is 16.4. The normalized spacial score (nSPS) is 14.3. The topological polar surface area (TPSA) is 114 Å². The number of carbonyl (C=O) groups excluding carboxylic acids is 3. The monoisotopic (exact) mass is 538 g/mol. The Bertz CT molecular complexity index is 1160. The Morgan fingerprint density at radius 2 is 1.74 bits per heavy atom. The molecule has 1 unspecified atom stereocenters. The van der Waals surface area contributed by atoms with E-state index in [9.17, 15) is 14.4 Å². The molecule has 1 aromatic heterocycles. The summed E-state index contributed by atoms with van der Waals surface area (Å²) < 4.78 is 10.9. The van der Waals surface area contributed by atoms with Gasteiger partial charge in [-0.1, -0.05) is 36.8 Å². The number of ketones is 1. The summed E-state index contributed by atoms with van der Waals surface area (Å²) in [4.78, 5) is 45.1. The molecular formula is C28H34N4O5S. The third kappa shape index (κ3) is 8.32. The van der Waals surface area contributed by atoms with E-state index in [0.29, 0.717) is 69.0 Å². The summed E-state index contributed by atoms with van der Waals surface area (Å²) in [5.41, 5.74) is 1.28. The SMILES string of the molecule is O=C(CCCCCNC(=O)C(CCSc1ccccc1)NC(=O)N1CCOCC1)c1nc2ccccc2o1. The predicted octanol–water partition coefficient (Wildman–Crippen LogP) is 4.28. The van der Waals surface area contributed by atoms with Gasteiger partial charge in [0.15, 0.2) is 5.58 Å². The van der Waals surface area contributed by atoms with E-state index in [4.69, 9.17) is 9.15 Å². The van der Waals surface area contributed by atoms with Gasteiger partial charge < -0.3 is 24.7 Å². The van der Waals surface area contributed by atoms with Gasteiger partial charge in [0.1, 0.15) is 11.6 Å². The molecule has 38 heavy (non-hydrogen) atoms. The van der Waals surface area contributed by atoms with Gasteiger partial charge in [0.25, 0.3) is 5.89 Å². The van der Waals surface area contributed by atoms with E-state index >= 15 is 0 Å². The molecule has 1 atom stereocenters. The number of unbranched alkanes of at least 4 members (excludes halogenated alkanes) is 2. The van der Waals surface area contributed by atoms with Crippen LogP contribution >= 0.6 is 11.8 Å². The minimum absolute atomic E-state index is 0.118. The quantitative estimate of drug-likeness (QED) is 0.190. The van der Waals surface area contributed by atoms with E-state index in [2.05, 4.69) is 15.6 Å². The highest BCUT2D eigenvalue weighted by Gasteiger charge is 2.24. The number of morpholine rings is 1. The molecule has 3 aromatic rings. The van der Waals surface area contributed by atoms with Crippen LogP contribution in [0.15, 0.2) is 63.9 Å². The smallest absolute Gasteiger partial charge is 0.318 e. The highest BCUT2D eigenvalue weighted by atomic mass is 32.2. The third-order valence-corrected chi connectivity index (χ3v) is 7.29. The zero-order chi connectivity index (χ0) is 26.6. The number of hydrogen-bond acceptors (Lipinski definition) is 7. The number of hydrogen-bond donors (Lipinski definition) is 2. The molecule has 0 bridgehead atoms. The summed E-state index contributed by atoms with van der Waals surface area (Å²) in [6.07, 6.45) is 3.05. The van der Waals surface area contributed by atoms with Gasteiger partial charge in [-0.2, -0.15) is 0 Å². The van der Waals surface area contributed by atoms with E-state index in [1.54, 1.807) is 22.7 Å². The average Bonchev–Trinajstić information content (AvgIpc) is 3.40. The number of fused-ring (bicyclic) bond motifs is 1. The van der Waals surface area contributed by atoms with Crippen molar-refractivity contribution >= 4 is 40.6 Å². The molecule has 3 amide bonds. The molecular weight excluding hydrogens is 504 g/mol. The summed E-state index contributed by atoms with van der Waals surface area (Å²) in [5, 5.41) is 5.87. The second kappa shape index (κ2) is 14.5.